The SMILES string of the molecule is CSc1ccc(NC2CCCCC2)c(-c2ccn(C)n2)c1. The zero-order valence-corrected chi connectivity index (χ0v) is 13.6. The van der Waals surface area contributed by atoms with Crippen molar-refractivity contribution in [2.24, 2.45) is 7.05 Å². The van der Waals surface area contributed by atoms with Gasteiger partial charge in [-0.15, -0.1) is 11.8 Å². The van der Waals surface area contributed by atoms with Crippen LogP contribution in [-0.4, -0.2) is 22.1 Å². The molecule has 1 aromatic heterocycles. The standard InChI is InChI=1S/C17H23N3S/c1-20-11-10-17(19-20)15-12-14(21-2)8-9-16(15)18-13-6-4-3-5-7-13/h8-13,18H,3-7H2,1-2H3. The van der Waals surface area contributed by atoms with E-state index in [9.17, 15) is 0 Å². The summed E-state index contributed by atoms with van der Waals surface area (Å²) in [6.07, 6.45) is 10.8. The van der Waals surface area contributed by atoms with Gasteiger partial charge in [-0.25, -0.2) is 0 Å². The van der Waals surface area contributed by atoms with Gasteiger partial charge in [0.05, 0.1) is 5.69 Å². The zero-order valence-electron chi connectivity index (χ0n) is 12.8. The number of rotatable bonds is 4. The third kappa shape index (κ3) is 3.43. The molecule has 1 saturated carbocycles. The van der Waals surface area contributed by atoms with Crippen molar-refractivity contribution in [3.63, 3.8) is 0 Å². The molecule has 1 aromatic carbocycles. The Bertz CT molecular complexity index is 600. The molecule has 0 unspecified atom stereocenters. The fraction of sp³-hybridized carbons (Fsp3) is 0.471. The first-order valence-electron chi connectivity index (χ1n) is 7.71. The van der Waals surface area contributed by atoms with Gasteiger partial charge in [0.1, 0.15) is 0 Å². The Morgan fingerprint density at radius 1 is 1.19 bits per heavy atom. The van der Waals surface area contributed by atoms with Crippen LogP contribution in [-0.2, 0) is 7.05 Å². The maximum atomic E-state index is 4.58. The summed E-state index contributed by atoms with van der Waals surface area (Å²) in [4.78, 5) is 1.28. The van der Waals surface area contributed by atoms with Crippen molar-refractivity contribution in [2.75, 3.05) is 11.6 Å². The van der Waals surface area contributed by atoms with Crippen LogP contribution in [0.25, 0.3) is 11.3 Å². The van der Waals surface area contributed by atoms with Crippen LogP contribution in [0.1, 0.15) is 32.1 Å². The minimum Gasteiger partial charge on any atom is -0.382 e. The minimum atomic E-state index is 0.612. The molecule has 4 heteroatoms. The first kappa shape index (κ1) is 14.5. The molecule has 0 amide bonds. The van der Waals surface area contributed by atoms with Crippen molar-refractivity contribution in [1.82, 2.24) is 9.78 Å². The second kappa shape index (κ2) is 6.56. The molecule has 2 aromatic rings. The number of nitrogens with one attached hydrogen (secondary N) is 1. The maximum absolute atomic E-state index is 4.58. The van der Waals surface area contributed by atoms with E-state index >= 15 is 0 Å². The maximum Gasteiger partial charge on any atom is 0.0944 e. The summed E-state index contributed by atoms with van der Waals surface area (Å²) in [6, 6.07) is 9.36. The molecule has 1 N–H and O–H groups in total. The van der Waals surface area contributed by atoms with Gasteiger partial charge in [0, 0.05) is 35.4 Å². The fourth-order valence-corrected chi connectivity index (χ4v) is 3.45. The molecule has 1 aliphatic carbocycles. The van der Waals surface area contributed by atoms with Crippen molar-refractivity contribution in [3.05, 3.63) is 30.5 Å². The molecule has 0 spiro atoms. The Morgan fingerprint density at radius 2 is 2.00 bits per heavy atom. The van der Waals surface area contributed by atoms with Gasteiger partial charge in [-0.3, -0.25) is 4.68 Å². The van der Waals surface area contributed by atoms with Crippen LogP contribution in [0.4, 0.5) is 5.69 Å². The Labute approximate surface area is 131 Å². The molecule has 1 fully saturated rings. The number of anilines is 1. The molecule has 0 atom stereocenters. The number of aryl methyl sites for hydroxylation is 1. The predicted octanol–water partition coefficient (Wildman–Crippen LogP) is 4.55. The van der Waals surface area contributed by atoms with Gasteiger partial charge in [0.15, 0.2) is 0 Å². The van der Waals surface area contributed by atoms with Gasteiger partial charge in [0.2, 0.25) is 0 Å². The van der Waals surface area contributed by atoms with E-state index in [4.69, 9.17) is 0 Å². The first-order valence-corrected chi connectivity index (χ1v) is 8.93. The summed E-state index contributed by atoms with van der Waals surface area (Å²) in [5.74, 6) is 0. The van der Waals surface area contributed by atoms with E-state index in [1.54, 1.807) is 11.8 Å². The van der Waals surface area contributed by atoms with Crippen LogP contribution in [0.3, 0.4) is 0 Å². The largest absolute Gasteiger partial charge is 0.382 e. The Kier molecular flexibility index (Phi) is 4.54. The highest BCUT2D eigenvalue weighted by atomic mass is 32.2. The van der Waals surface area contributed by atoms with Gasteiger partial charge < -0.3 is 5.32 Å². The summed E-state index contributed by atoms with van der Waals surface area (Å²) in [5, 5.41) is 8.33. The lowest BCUT2D eigenvalue weighted by Gasteiger charge is -2.25. The molecule has 1 aliphatic rings. The fourth-order valence-electron chi connectivity index (χ4n) is 3.01. The van der Waals surface area contributed by atoms with Crippen molar-refractivity contribution in [2.45, 2.75) is 43.0 Å². The van der Waals surface area contributed by atoms with Crippen LogP contribution >= 0.6 is 11.8 Å². The van der Waals surface area contributed by atoms with Crippen LogP contribution in [0.15, 0.2) is 35.4 Å². The summed E-state index contributed by atoms with van der Waals surface area (Å²) in [7, 11) is 1.97. The highest BCUT2D eigenvalue weighted by molar-refractivity contribution is 7.98. The second-order valence-electron chi connectivity index (χ2n) is 5.77. The lowest BCUT2D eigenvalue weighted by atomic mass is 9.95. The van der Waals surface area contributed by atoms with Gasteiger partial charge in [-0.2, -0.15) is 5.10 Å². The van der Waals surface area contributed by atoms with Crippen LogP contribution in [0.5, 0.6) is 0 Å². The third-order valence-corrected chi connectivity index (χ3v) is 4.91. The molecule has 21 heavy (non-hydrogen) atoms. The van der Waals surface area contributed by atoms with Crippen molar-refractivity contribution < 1.29 is 0 Å². The van der Waals surface area contributed by atoms with E-state index in [-0.39, 0.29) is 0 Å². The molecule has 0 saturated heterocycles. The molecule has 3 nitrogen and oxygen atoms in total. The Morgan fingerprint density at radius 3 is 2.67 bits per heavy atom. The van der Waals surface area contributed by atoms with E-state index in [0.29, 0.717) is 6.04 Å². The van der Waals surface area contributed by atoms with E-state index < -0.39 is 0 Å². The number of thioether (sulfide) groups is 1. The number of aromatic nitrogens is 2. The van der Waals surface area contributed by atoms with Crippen molar-refractivity contribution in [1.29, 1.82) is 0 Å². The Balaban J connectivity index is 1.91. The topological polar surface area (TPSA) is 29.9 Å². The highest BCUT2D eigenvalue weighted by Crippen LogP contribution is 2.32. The van der Waals surface area contributed by atoms with Gasteiger partial charge >= 0.3 is 0 Å². The molecule has 0 aliphatic heterocycles. The van der Waals surface area contributed by atoms with Crippen LogP contribution in [0, 0.1) is 0 Å². The smallest absolute Gasteiger partial charge is 0.0944 e. The average Bonchev–Trinajstić information content (AvgIpc) is 2.95. The van der Waals surface area contributed by atoms with E-state index in [0.717, 1.165) is 5.69 Å². The number of hydrogen-bond acceptors (Lipinski definition) is 3. The summed E-state index contributed by atoms with van der Waals surface area (Å²) in [5.41, 5.74) is 3.48. The second-order valence-corrected chi connectivity index (χ2v) is 6.65. The quantitative estimate of drug-likeness (QED) is 0.840. The van der Waals surface area contributed by atoms with Crippen LogP contribution < -0.4 is 5.32 Å². The van der Waals surface area contributed by atoms with E-state index in [1.165, 1.54) is 48.3 Å². The van der Waals surface area contributed by atoms with Crippen molar-refractivity contribution >= 4 is 17.4 Å². The number of hydrogen-bond donors (Lipinski definition) is 1. The number of benzene rings is 1. The van der Waals surface area contributed by atoms with Crippen molar-refractivity contribution in [3.8, 4) is 11.3 Å². The summed E-state index contributed by atoms with van der Waals surface area (Å²) >= 11 is 1.78. The summed E-state index contributed by atoms with van der Waals surface area (Å²) in [6.45, 7) is 0. The average molecular weight is 301 g/mol. The lowest BCUT2D eigenvalue weighted by Crippen LogP contribution is -2.22. The Hall–Kier alpha value is -1.42. The van der Waals surface area contributed by atoms with Gasteiger partial charge in [0.25, 0.3) is 0 Å². The highest BCUT2D eigenvalue weighted by Gasteiger charge is 2.16. The van der Waals surface area contributed by atoms with Crippen LogP contribution in [0.2, 0.25) is 0 Å². The normalized spacial score (nSPS) is 16.1. The van der Waals surface area contributed by atoms with Gasteiger partial charge in [-0.1, -0.05) is 19.3 Å². The lowest BCUT2D eigenvalue weighted by molar-refractivity contribution is 0.463. The first-order chi connectivity index (χ1) is 10.3. The zero-order chi connectivity index (χ0) is 14.7. The summed E-state index contributed by atoms with van der Waals surface area (Å²) < 4.78 is 1.87. The predicted molar refractivity (Wildman–Crippen MR) is 90.9 cm³/mol. The number of nitrogens with zero attached hydrogens (tertiary/aromatic N) is 2. The molecule has 3 rings (SSSR count). The molecule has 0 bridgehead atoms. The minimum absolute atomic E-state index is 0.612. The molecule has 112 valence electrons. The molecular weight excluding hydrogens is 278 g/mol. The van der Waals surface area contributed by atoms with E-state index in [1.807, 2.05) is 17.9 Å². The molecule has 1 heterocycles. The molecular formula is C17H23N3S. The molecule has 0 radical (unpaired) electrons. The van der Waals surface area contributed by atoms with E-state index in [2.05, 4.69) is 40.9 Å². The monoisotopic (exact) mass is 301 g/mol. The third-order valence-electron chi connectivity index (χ3n) is 4.18. The van der Waals surface area contributed by atoms with Gasteiger partial charge in [-0.05, 0) is 43.4 Å².